The molecule has 0 bridgehead atoms. The number of imidazole rings is 1. The summed E-state index contributed by atoms with van der Waals surface area (Å²) in [5.41, 5.74) is 3.80. The van der Waals surface area contributed by atoms with Gasteiger partial charge in [0.1, 0.15) is 5.82 Å². The average molecular weight is 414 g/mol. The first-order valence-electron chi connectivity index (χ1n) is 9.82. The Balaban J connectivity index is 1.32. The van der Waals surface area contributed by atoms with Crippen LogP contribution >= 0.6 is 11.8 Å². The van der Waals surface area contributed by atoms with E-state index in [4.69, 9.17) is 0 Å². The van der Waals surface area contributed by atoms with Gasteiger partial charge in [0.2, 0.25) is 0 Å². The molecule has 0 saturated heterocycles. The third kappa shape index (κ3) is 5.19. The normalized spacial score (nSPS) is 10.7. The van der Waals surface area contributed by atoms with E-state index >= 15 is 0 Å². The Labute approximate surface area is 181 Å². The lowest BCUT2D eigenvalue weighted by Crippen LogP contribution is -2.12. The van der Waals surface area contributed by atoms with Gasteiger partial charge < -0.3 is 9.88 Å². The number of hydrogen-bond acceptors (Lipinski definition) is 3. The third-order valence-electron chi connectivity index (χ3n) is 4.85. The number of rotatable bonds is 7. The van der Waals surface area contributed by atoms with Gasteiger partial charge in [-0.3, -0.25) is 4.79 Å². The molecular formula is C25H23N3OS. The molecule has 0 unspecified atom stereocenters. The Morgan fingerprint density at radius 2 is 1.63 bits per heavy atom. The van der Waals surface area contributed by atoms with Crippen LogP contribution in [0.25, 0.3) is 0 Å². The van der Waals surface area contributed by atoms with E-state index in [0.717, 1.165) is 29.4 Å². The molecule has 4 aromatic rings. The van der Waals surface area contributed by atoms with E-state index in [-0.39, 0.29) is 5.91 Å². The molecule has 5 heteroatoms. The molecule has 1 N–H and O–H groups in total. The first-order valence-corrected chi connectivity index (χ1v) is 10.8. The van der Waals surface area contributed by atoms with Crippen molar-refractivity contribution in [2.75, 3.05) is 5.32 Å². The highest BCUT2D eigenvalue weighted by Gasteiger charge is 2.07. The first kappa shape index (κ1) is 20.0. The van der Waals surface area contributed by atoms with Crippen LogP contribution in [0.2, 0.25) is 0 Å². The molecule has 3 aromatic carbocycles. The molecule has 150 valence electrons. The molecular weight excluding hydrogens is 390 g/mol. The van der Waals surface area contributed by atoms with Gasteiger partial charge in [0.05, 0.1) is 0 Å². The summed E-state index contributed by atoms with van der Waals surface area (Å²) in [5.74, 6) is 1.77. The van der Waals surface area contributed by atoms with Crippen molar-refractivity contribution < 1.29 is 4.79 Å². The molecule has 1 heterocycles. The summed E-state index contributed by atoms with van der Waals surface area (Å²) in [7, 11) is 0. The van der Waals surface area contributed by atoms with Crippen molar-refractivity contribution in [2.24, 2.45) is 0 Å². The molecule has 4 rings (SSSR count). The monoisotopic (exact) mass is 413 g/mol. The minimum absolute atomic E-state index is 0.105. The predicted octanol–water partition coefficient (Wildman–Crippen LogP) is 5.78. The number of carbonyl (C=O) groups excluding carboxylic acids is 1. The van der Waals surface area contributed by atoms with Crippen molar-refractivity contribution in [3.63, 3.8) is 0 Å². The summed E-state index contributed by atoms with van der Waals surface area (Å²) in [4.78, 5) is 18.0. The molecule has 0 spiro atoms. The summed E-state index contributed by atoms with van der Waals surface area (Å²) in [6.07, 6.45) is 3.75. The molecule has 4 nitrogen and oxygen atoms in total. The van der Waals surface area contributed by atoms with Gasteiger partial charge in [0.25, 0.3) is 5.91 Å². The average Bonchev–Trinajstić information content (AvgIpc) is 3.19. The molecule has 0 aliphatic rings. The maximum absolute atomic E-state index is 12.6. The maximum Gasteiger partial charge on any atom is 0.255 e. The van der Waals surface area contributed by atoms with Crippen LogP contribution < -0.4 is 5.32 Å². The van der Waals surface area contributed by atoms with Crippen molar-refractivity contribution >= 4 is 23.4 Å². The minimum atomic E-state index is -0.105. The van der Waals surface area contributed by atoms with Gasteiger partial charge in [0.15, 0.2) is 0 Å². The van der Waals surface area contributed by atoms with Crippen LogP contribution in [-0.2, 0) is 12.3 Å². The lowest BCUT2D eigenvalue weighted by Gasteiger charge is -2.09. The second kappa shape index (κ2) is 9.46. The van der Waals surface area contributed by atoms with Crippen LogP contribution in [0.4, 0.5) is 5.69 Å². The smallest absolute Gasteiger partial charge is 0.255 e. The molecule has 0 aliphatic heterocycles. The number of amides is 1. The molecule has 0 atom stereocenters. The van der Waals surface area contributed by atoms with E-state index in [1.54, 1.807) is 18.0 Å². The molecule has 0 fully saturated rings. The van der Waals surface area contributed by atoms with Crippen molar-refractivity contribution in [3.05, 3.63) is 114 Å². The van der Waals surface area contributed by atoms with Gasteiger partial charge >= 0.3 is 0 Å². The number of hydrogen-bond donors (Lipinski definition) is 1. The van der Waals surface area contributed by atoms with Crippen LogP contribution in [0.15, 0.2) is 96.2 Å². The van der Waals surface area contributed by atoms with Crippen molar-refractivity contribution in [2.45, 2.75) is 24.1 Å². The van der Waals surface area contributed by atoms with E-state index in [0.29, 0.717) is 5.56 Å². The quantitative estimate of drug-likeness (QED) is 0.390. The summed E-state index contributed by atoms with van der Waals surface area (Å²) in [5, 5.41) is 2.97. The third-order valence-corrected chi connectivity index (χ3v) is 5.94. The van der Waals surface area contributed by atoms with Crippen LogP contribution in [0.5, 0.6) is 0 Å². The number of carbonyl (C=O) groups is 1. The number of nitrogens with zero attached hydrogens (tertiary/aromatic N) is 2. The molecule has 1 amide bonds. The Kier molecular flexibility index (Phi) is 6.30. The van der Waals surface area contributed by atoms with Crippen LogP contribution in [0.1, 0.15) is 27.3 Å². The zero-order chi connectivity index (χ0) is 20.8. The van der Waals surface area contributed by atoms with E-state index in [9.17, 15) is 4.79 Å². The largest absolute Gasteiger partial charge is 0.331 e. The van der Waals surface area contributed by atoms with Crippen LogP contribution in [0.3, 0.4) is 0 Å². The molecule has 0 radical (unpaired) electrons. The zero-order valence-electron chi connectivity index (χ0n) is 16.8. The summed E-state index contributed by atoms with van der Waals surface area (Å²) in [6, 6.07) is 26.1. The van der Waals surface area contributed by atoms with Gasteiger partial charge in [-0.15, -0.1) is 11.8 Å². The first-order chi connectivity index (χ1) is 14.7. The number of aromatic nitrogens is 2. The standard InChI is InChI=1S/C25H23N3OS/c1-19-26-15-16-28(19)17-20-7-11-22(12-8-20)25(29)27-23-13-9-21(10-14-23)18-30-24-5-3-2-4-6-24/h2-16H,17-18H2,1H3,(H,27,29). The van der Waals surface area contributed by atoms with Gasteiger partial charge in [-0.25, -0.2) is 4.98 Å². The number of aryl methyl sites for hydroxylation is 1. The summed E-state index contributed by atoms with van der Waals surface area (Å²) in [6.45, 7) is 2.73. The number of thioether (sulfide) groups is 1. The van der Waals surface area contributed by atoms with Crippen LogP contribution in [0, 0.1) is 6.92 Å². The fourth-order valence-electron chi connectivity index (χ4n) is 3.10. The second-order valence-electron chi connectivity index (χ2n) is 7.05. The predicted molar refractivity (Wildman–Crippen MR) is 123 cm³/mol. The van der Waals surface area contributed by atoms with Crippen molar-refractivity contribution in [1.29, 1.82) is 0 Å². The van der Waals surface area contributed by atoms with Gasteiger partial charge in [-0.1, -0.05) is 42.5 Å². The number of nitrogens with one attached hydrogen (secondary N) is 1. The molecule has 0 saturated carbocycles. The summed E-state index contributed by atoms with van der Waals surface area (Å²) >= 11 is 1.80. The van der Waals surface area contributed by atoms with E-state index in [1.165, 1.54) is 10.5 Å². The molecule has 1 aromatic heterocycles. The Bertz CT molecular complexity index is 1100. The minimum Gasteiger partial charge on any atom is -0.331 e. The lowest BCUT2D eigenvalue weighted by atomic mass is 10.1. The lowest BCUT2D eigenvalue weighted by molar-refractivity contribution is 0.102. The fraction of sp³-hybridized carbons (Fsp3) is 0.120. The van der Waals surface area contributed by atoms with Gasteiger partial charge in [-0.2, -0.15) is 0 Å². The zero-order valence-corrected chi connectivity index (χ0v) is 17.6. The van der Waals surface area contributed by atoms with E-state index in [2.05, 4.69) is 39.1 Å². The van der Waals surface area contributed by atoms with E-state index < -0.39 is 0 Å². The second-order valence-corrected chi connectivity index (χ2v) is 8.10. The maximum atomic E-state index is 12.6. The summed E-state index contributed by atoms with van der Waals surface area (Å²) < 4.78 is 2.08. The van der Waals surface area contributed by atoms with Gasteiger partial charge in [-0.05, 0) is 54.4 Å². The highest BCUT2D eigenvalue weighted by Crippen LogP contribution is 2.23. The Morgan fingerprint density at radius 1 is 0.933 bits per heavy atom. The number of anilines is 1. The highest BCUT2D eigenvalue weighted by molar-refractivity contribution is 7.98. The van der Waals surface area contributed by atoms with E-state index in [1.807, 2.05) is 67.7 Å². The topological polar surface area (TPSA) is 46.9 Å². The highest BCUT2D eigenvalue weighted by atomic mass is 32.2. The van der Waals surface area contributed by atoms with Crippen molar-refractivity contribution in [1.82, 2.24) is 9.55 Å². The van der Waals surface area contributed by atoms with Crippen LogP contribution in [-0.4, -0.2) is 15.5 Å². The SMILES string of the molecule is Cc1nccn1Cc1ccc(C(=O)Nc2ccc(CSc3ccccc3)cc2)cc1. The number of benzene rings is 3. The van der Waals surface area contributed by atoms with Gasteiger partial charge in [0, 0.05) is 40.8 Å². The molecule has 30 heavy (non-hydrogen) atoms. The fourth-order valence-corrected chi connectivity index (χ4v) is 3.98. The Hall–Kier alpha value is -3.31. The molecule has 0 aliphatic carbocycles. The van der Waals surface area contributed by atoms with Crippen molar-refractivity contribution in [3.8, 4) is 0 Å². The Morgan fingerprint density at radius 3 is 2.30 bits per heavy atom.